The van der Waals surface area contributed by atoms with Crippen molar-refractivity contribution in [2.45, 2.75) is 50.6 Å². The average molecular weight is 257 g/mol. The quantitative estimate of drug-likeness (QED) is 0.359. The Kier molecular flexibility index (Phi) is 10.5. The van der Waals surface area contributed by atoms with Crippen molar-refractivity contribution in [2.24, 2.45) is 17.2 Å². The van der Waals surface area contributed by atoms with Gasteiger partial charge >= 0.3 is 0 Å². The van der Waals surface area contributed by atoms with Crippen molar-refractivity contribution in [3.63, 3.8) is 0 Å². The fourth-order valence-electron chi connectivity index (χ4n) is 1.57. The second-order valence-electron chi connectivity index (χ2n) is 4.35. The van der Waals surface area contributed by atoms with Gasteiger partial charge in [0.25, 0.3) is 0 Å². The molecule has 0 heterocycles. The van der Waals surface area contributed by atoms with E-state index in [0.717, 1.165) is 25.7 Å². The van der Waals surface area contributed by atoms with Crippen LogP contribution in [0.25, 0.3) is 0 Å². The van der Waals surface area contributed by atoms with Gasteiger partial charge in [0.15, 0.2) is 0 Å². The van der Waals surface area contributed by atoms with Crippen LogP contribution in [0.3, 0.4) is 0 Å². The zero-order chi connectivity index (χ0) is 13.8. The maximum Gasteiger partial charge on any atom is 0.237 e. The number of hydrogen-bond acceptors (Lipinski definition) is 5. The van der Waals surface area contributed by atoms with Crippen LogP contribution in [-0.4, -0.2) is 37.4 Å². The lowest BCUT2D eigenvalue weighted by molar-refractivity contribution is -0.122. The maximum absolute atomic E-state index is 11.7. The zero-order valence-corrected chi connectivity index (χ0v) is 10.9. The first-order chi connectivity index (χ1) is 8.65. The minimum Gasteiger partial charge on any atom is -0.344 e. The highest BCUT2D eigenvalue weighted by atomic mass is 16.2. The molecule has 6 nitrogen and oxygen atoms in total. The molecular formula is C12H25N4O2. The average Bonchev–Trinajstić information content (AvgIpc) is 2.37. The van der Waals surface area contributed by atoms with Crippen molar-refractivity contribution >= 4 is 12.2 Å². The van der Waals surface area contributed by atoms with Gasteiger partial charge in [-0.25, -0.2) is 0 Å². The standard InChI is InChI=1S/C12H25N4O2/c13-7-3-1-5-10(9-17)16-12(18)11(15)6-2-4-8-14/h10-11H,1-8,13-15H2,(H,16,18)/t10-,11-/m0/s1. The molecule has 1 radical (unpaired) electrons. The van der Waals surface area contributed by atoms with E-state index in [1.807, 2.05) is 6.29 Å². The van der Waals surface area contributed by atoms with Gasteiger partial charge in [0.2, 0.25) is 12.2 Å². The number of nitrogens with one attached hydrogen (secondary N) is 1. The van der Waals surface area contributed by atoms with Gasteiger partial charge in [0.05, 0.1) is 12.1 Å². The highest BCUT2D eigenvalue weighted by Gasteiger charge is 2.17. The predicted molar refractivity (Wildman–Crippen MR) is 71.4 cm³/mol. The Morgan fingerprint density at radius 1 is 1.06 bits per heavy atom. The van der Waals surface area contributed by atoms with Gasteiger partial charge < -0.3 is 22.5 Å². The van der Waals surface area contributed by atoms with Crippen molar-refractivity contribution in [2.75, 3.05) is 13.1 Å². The number of nitrogens with two attached hydrogens (primary N) is 3. The highest BCUT2D eigenvalue weighted by molar-refractivity contribution is 5.84. The highest BCUT2D eigenvalue weighted by Crippen LogP contribution is 2.01. The molecule has 0 aromatic rings. The van der Waals surface area contributed by atoms with Crippen molar-refractivity contribution in [1.29, 1.82) is 0 Å². The van der Waals surface area contributed by atoms with E-state index in [1.165, 1.54) is 0 Å². The molecule has 105 valence electrons. The molecular weight excluding hydrogens is 232 g/mol. The second kappa shape index (κ2) is 11.1. The molecule has 7 N–H and O–H groups in total. The third-order valence-electron chi connectivity index (χ3n) is 2.71. The number of carbonyl (C=O) groups is 1. The van der Waals surface area contributed by atoms with Crippen molar-refractivity contribution in [3.05, 3.63) is 0 Å². The van der Waals surface area contributed by atoms with Crippen LogP contribution in [0.2, 0.25) is 0 Å². The fraction of sp³-hybridized carbons (Fsp3) is 0.833. The molecule has 6 heteroatoms. The molecule has 0 fully saturated rings. The Bertz CT molecular complexity index is 236. The monoisotopic (exact) mass is 257 g/mol. The maximum atomic E-state index is 11.7. The largest absolute Gasteiger partial charge is 0.344 e. The summed E-state index contributed by atoms with van der Waals surface area (Å²) in [6.45, 7) is 1.18. The van der Waals surface area contributed by atoms with Crippen molar-refractivity contribution in [1.82, 2.24) is 5.32 Å². The number of carbonyl (C=O) groups excluding carboxylic acids is 2. The first kappa shape index (κ1) is 17.0. The summed E-state index contributed by atoms with van der Waals surface area (Å²) in [7, 11) is 0. The van der Waals surface area contributed by atoms with E-state index in [-0.39, 0.29) is 5.91 Å². The SMILES string of the molecule is NCCCC[C@@H]([C]=O)NC(=O)[C@@H](N)CCCCN. The predicted octanol–water partition coefficient (Wildman–Crippen LogP) is -0.834. The number of amides is 1. The van der Waals surface area contributed by atoms with Gasteiger partial charge in [0.1, 0.15) is 0 Å². The Labute approximate surface area is 109 Å². The molecule has 0 aliphatic carbocycles. The molecule has 0 saturated carbocycles. The third-order valence-corrected chi connectivity index (χ3v) is 2.71. The molecule has 0 aromatic carbocycles. The Balaban J connectivity index is 3.89. The van der Waals surface area contributed by atoms with Crippen LogP contribution < -0.4 is 22.5 Å². The summed E-state index contributed by atoms with van der Waals surface area (Å²) in [5.74, 6) is -0.298. The molecule has 0 bridgehead atoms. The first-order valence-corrected chi connectivity index (χ1v) is 6.49. The van der Waals surface area contributed by atoms with E-state index >= 15 is 0 Å². The van der Waals surface area contributed by atoms with Crippen molar-refractivity contribution < 1.29 is 9.59 Å². The lowest BCUT2D eigenvalue weighted by Gasteiger charge is -2.16. The van der Waals surface area contributed by atoms with E-state index in [1.54, 1.807) is 0 Å². The summed E-state index contributed by atoms with van der Waals surface area (Å²) in [5, 5.41) is 2.59. The minimum absolute atomic E-state index is 0.298. The Hall–Kier alpha value is -0.980. The topological polar surface area (TPSA) is 124 Å². The van der Waals surface area contributed by atoms with Crippen LogP contribution in [0.15, 0.2) is 0 Å². The third kappa shape index (κ3) is 8.16. The van der Waals surface area contributed by atoms with Crippen LogP contribution >= 0.6 is 0 Å². The number of unbranched alkanes of at least 4 members (excludes halogenated alkanes) is 2. The Morgan fingerprint density at radius 3 is 2.11 bits per heavy atom. The van der Waals surface area contributed by atoms with Gasteiger partial charge in [-0.2, -0.15) is 0 Å². The van der Waals surface area contributed by atoms with Crippen LogP contribution in [0.5, 0.6) is 0 Å². The molecule has 0 aliphatic heterocycles. The van der Waals surface area contributed by atoms with Crippen LogP contribution in [0.1, 0.15) is 38.5 Å². The van der Waals surface area contributed by atoms with E-state index in [2.05, 4.69) is 5.32 Å². The zero-order valence-electron chi connectivity index (χ0n) is 10.9. The van der Waals surface area contributed by atoms with Gasteiger partial charge in [-0.05, 0) is 45.2 Å². The first-order valence-electron chi connectivity index (χ1n) is 6.49. The van der Waals surface area contributed by atoms with E-state index < -0.39 is 12.1 Å². The molecule has 1 amide bonds. The van der Waals surface area contributed by atoms with Crippen LogP contribution in [0.4, 0.5) is 0 Å². The van der Waals surface area contributed by atoms with Gasteiger partial charge in [-0.15, -0.1) is 0 Å². The molecule has 0 spiro atoms. The van der Waals surface area contributed by atoms with Gasteiger partial charge in [-0.3, -0.25) is 9.59 Å². The minimum atomic E-state index is -0.582. The lowest BCUT2D eigenvalue weighted by atomic mass is 10.1. The molecule has 0 aromatic heterocycles. The molecule has 18 heavy (non-hydrogen) atoms. The Morgan fingerprint density at radius 2 is 1.61 bits per heavy atom. The summed E-state index contributed by atoms with van der Waals surface area (Å²) in [4.78, 5) is 22.4. The molecule has 2 atom stereocenters. The summed E-state index contributed by atoms with van der Waals surface area (Å²) in [5.41, 5.74) is 16.4. The summed E-state index contributed by atoms with van der Waals surface area (Å²) < 4.78 is 0. The normalized spacial score (nSPS) is 13.9. The molecule has 0 saturated heterocycles. The van der Waals surface area contributed by atoms with E-state index in [4.69, 9.17) is 17.2 Å². The number of hydrogen-bond donors (Lipinski definition) is 4. The fourth-order valence-corrected chi connectivity index (χ4v) is 1.57. The molecule has 0 unspecified atom stereocenters. The summed E-state index contributed by atoms with van der Waals surface area (Å²) >= 11 is 0. The van der Waals surface area contributed by atoms with E-state index in [0.29, 0.717) is 25.9 Å². The molecule has 0 rings (SSSR count). The van der Waals surface area contributed by atoms with Crippen LogP contribution in [0, 0.1) is 0 Å². The van der Waals surface area contributed by atoms with Crippen molar-refractivity contribution in [3.8, 4) is 0 Å². The van der Waals surface area contributed by atoms with Gasteiger partial charge in [-0.1, -0.05) is 6.42 Å². The van der Waals surface area contributed by atoms with E-state index in [9.17, 15) is 9.59 Å². The summed E-state index contributed by atoms with van der Waals surface area (Å²) in [6.07, 6.45) is 6.24. The smallest absolute Gasteiger partial charge is 0.237 e. The summed E-state index contributed by atoms with van der Waals surface area (Å²) in [6, 6.07) is -1.16. The van der Waals surface area contributed by atoms with Crippen LogP contribution in [-0.2, 0) is 9.59 Å². The lowest BCUT2D eigenvalue weighted by Crippen LogP contribution is -2.46. The molecule has 0 aliphatic rings. The van der Waals surface area contributed by atoms with Gasteiger partial charge in [0, 0.05) is 0 Å². The number of rotatable bonds is 11. The second-order valence-corrected chi connectivity index (χ2v) is 4.35.